The fraction of sp³-hybridized carbons (Fsp3) is 0.308. The number of hydrogen-bond acceptors (Lipinski definition) is 5. The first kappa shape index (κ1) is 21.1. The van der Waals surface area contributed by atoms with Gasteiger partial charge in [-0.25, -0.2) is 9.97 Å². The second-order valence-electron chi connectivity index (χ2n) is 9.44. The van der Waals surface area contributed by atoms with Gasteiger partial charge in [0.2, 0.25) is 11.9 Å². The number of aromatic nitrogens is 2. The quantitative estimate of drug-likeness (QED) is 0.498. The molecule has 0 unspecified atom stereocenters. The third kappa shape index (κ3) is 4.01. The normalized spacial score (nSPS) is 22.4. The summed E-state index contributed by atoms with van der Waals surface area (Å²) in [5.74, 6) is 1.70. The van der Waals surface area contributed by atoms with Crippen molar-refractivity contribution in [3.8, 4) is 11.3 Å². The summed E-state index contributed by atoms with van der Waals surface area (Å²) in [5.41, 5.74) is 4.28. The van der Waals surface area contributed by atoms with Gasteiger partial charge < -0.3 is 16.0 Å². The molecule has 8 heteroatoms. The van der Waals surface area contributed by atoms with Crippen LogP contribution in [0.4, 0.5) is 17.3 Å². The van der Waals surface area contributed by atoms with Gasteiger partial charge >= 0.3 is 0 Å². The smallest absolute Gasteiger partial charge is 0.251 e. The van der Waals surface area contributed by atoms with Crippen LogP contribution in [0, 0.1) is 11.8 Å². The van der Waals surface area contributed by atoms with E-state index >= 15 is 0 Å². The van der Waals surface area contributed by atoms with E-state index in [-0.39, 0.29) is 18.2 Å². The number of hydrogen-bond donors (Lipinski definition) is 3. The van der Waals surface area contributed by atoms with Crippen LogP contribution < -0.4 is 16.0 Å². The van der Waals surface area contributed by atoms with E-state index in [1.165, 1.54) is 19.3 Å². The second-order valence-corrected chi connectivity index (χ2v) is 9.88. The number of fused-ring (bicyclic) bond motifs is 5. The van der Waals surface area contributed by atoms with Crippen LogP contribution in [0.3, 0.4) is 0 Å². The lowest BCUT2D eigenvalue weighted by molar-refractivity contribution is -0.115. The molecular weight excluding hydrogens is 450 g/mol. The standard InChI is InChI=1S/C26H24ClN5O2/c27-18-5-8-20-22(12-18)30-23(33)11-17-13-28-26(32-24(17)20)29-19-6-3-15(4-7-19)25(34)31-21-10-14-1-2-16(21)9-14/h3-8,12-14,16,21H,1-2,9-11H2,(H,30,33)(H,31,34)(H,28,29,32)/t14-,16-,21-/m1/s1. The zero-order chi connectivity index (χ0) is 23.2. The van der Waals surface area contributed by atoms with Gasteiger partial charge in [0.1, 0.15) is 0 Å². The maximum atomic E-state index is 12.7. The highest BCUT2D eigenvalue weighted by molar-refractivity contribution is 6.31. The van der Waals surface area contributed by atoms with Gasteiger partial charge in [-0.3, -0.25) is 9.59 Å². The van der Waals surface area contributed by atoms with E-state index < -0.39 is 0 Å². The van der Waals surface area contributed by atoms with Gasteiger partial charge in [0.25, 0.3) is 5.91 Å². The van der Waals surface area contributed by atoms with Gasteiger partial charge in [-0.15, -0.1) is 0 Å². The molecule has 0 radical (unpaired) electrons. The number of nitrogens with zero attached hydrogens (tertiary/aromatic N) is 2. The minimum Gasteiger partial charge on any atom is -0.349 e. The highest BCUT2D eigenvalue weighted by Crippen LogP contribution is 2.44. The van der Waals surface area contributed by atoms with Crippen LogP contribution >= 0.6 is 11.6 Å². The van der Waals surface area contributed by atoms with E-state index in [0.717, 1.165) is 29.2 Å². The maximum absolute atomic E-state index is 12.7. The van der Waals surface area contributed by atoms with Crippen LogP contribution in [0.15, 0.2) is 48.7 Å². The van der Waals surface area contributed by atoms with Crippen molar-refractivity contribution in [2.45, 2.75) is 38.1 Å². The lowest BCUT2D eigenvalue weighted by Crippen LogP contribution is -2.38. The van der Waals surface area contributed by atoms with Crippen molar-refractivity contribution in [2.24, 2.45) is 11.8 Å². The molecule has 6 rings (SSSR count). The molecule has 2 aliphatic carbocycles. The Labute approximate surface area is 202 Å². The third-order valence-electron chi connectivity index (χ3n) is 7.18. The van der Waals surface area contributed by atoms with Crippen molar-refractivity contribution in [1.29, 1.82) is 0 Å². The summed E-state index contributed by atoms with van der Waals surface area (Å²) in [6.45, 7) is 0. The van der Waals surface area contributed by atoms with E-state index in [1.54, 1.807) is 18.3 Å². The fourth-order valence-electron chi connectivity index (χ4n) is 5.53. The van der Waals surface area contributed by atoms with Crippen LogP contribution in [-0.2, 0) is 11.2 Å². The first-order valence-corrected chi connectivity index (χ1v) is 12.0. The number of amides is 2. The van der Waals surface area contributed by atoms with Gasteiger partial charge in [-0.2, -0.15) is 0 Å². The molecule has 2 bridgehead atoms. The molecule has 34 heavy (non-hydrogen) atoms. The Morgan fingerprint density at radius 1 is 1.09 bits per heavy atom. The molecule has 7 nitrogen and oxygen atoms in total. The molecule has 3 aliphatic rings. The Morgan fingerprint density at radius 2 is 1.94 bits per heavy atom. The highest BCUT2D eigenvalue weighted by Gasteiger charge is 2.40. The van der Waals surface area contributed by atoms with Crippen molar-refractivity contribution >= 4 is 40.7 Å². The molecule has 0 spiro atoms. The number of benzene rings is 2. The van der Waals surface area contributed by atoms with E-state index in [2.05, 4.69) is 25.9 Å². The molecule has 3 aromatic rings. The van der Waals surface area contributed by atoms with Crippen molar-refractivity contribution < 1.29 is 9.59 Å². The average molecular weight is 474 g/mol. The summed E-state index contributed by atoms with van der Waals surface area (Å²) < 4.78 is 0. The van der Waals surface area contributed by atoms with Crippen LogP contribution in [0.2, 0.25) is 5.02 Å². The second kappa shape index (κ2) is 8.40. The number of carbonyl (C=O) groups excluding carboxylic acids is 2. The van der Waals surface area contributed by atoms with Crippen molar-refractivity contribution in [3.63, 3.8) is 0 Å². The minimum absolute atomic E-state index is 0.0159. The summed E-state index contributed by atoms with van der Waals surface area (Å²) in [6, 6.07) is 13.0. The maximum Gasteiger partial charge on any atom is 0.251 e. The van der Waals surface area contributed by atoms with E-state index in [9.17, 15) is 9.59 Å². The minimum atomic E-state index is -0.133. The molecule has 1 aromatic heterocycles. The van der Waals surface area contributed by atoms with E-state index in [0.29, 0.717) is 39.9 Å². The molecule has 2 saturated carbocycles. The molecule has 2 fully saturated rings. The topological polar surface area (TPSA) is 96.0 Å². The number of nitrogens with one attached hydrogen (secondary N) is 3. The first-order valence-electron chi connectivity index (χ1n) is 11.7. The molecular formula is C26H24ClN5O2. The van der Waals surface area contributed by atoms with Crippen molar-refractivity contribution in [2.75, 3.05) is 10.6 Å². The van der Waals surface area contributed by atoms with Crippen LogP contribution in [0.1, 0.15) is 41.6 Å². The SMILES string of the molecule is O=C1Cc2cnc(Nc3ccc(C(=O)N[C@@H]4C[C@@H]5CC[C@@H]4C5)cc3)nc2-c2ccc(Cl)cc2N1. The summed E-state index contributed by atoms with van der Waals surface area (Å²) in [7, 11) is 0. The molecule has 0 saturated heterocycles. The molecule has 2 heterocycles. The Morgan fingerprint density at radius 3 is 2.71 bits per heavy atom. The van der Waals surface area contributed by atoms with Gasteiger partial charge in [0.05, 0.1) is 17.8 Å². The third-order valence-corrected chi connectivity index (χ3v) is 7.42. The number of halogens is 1. The number of rotatable bonds is 4. The first-order chi connectivity index (χ1) is 16.5. The zero-order valence-electron chi connectivity index (χ0n) is 18.5. The largest absolute Gasteiger partial charge is 0.349 e. The van der Waals surface area contributed by atoms with Crippen molar-refractivity contribution in [1.82, 2.24) is 15.3 Å². The predicted octanol–water partition coefficient (Wildman–Crippen LogP) is 4.95. The van der Waals surface area contributed by atoms with Gasteiger partial charge in [0.15, 0.2) is 0 Å². The Kier molecular flexibility index (Phi) is 5.21. The molecule has 1 aliphatic heterocycles. The van der Waals surface area contributed by atoms with Crippen LogP contribution in [0.25, 0.3) is 11.3 Å². The lowest BCUT2D eigenvalue weighted by atomic mass is 9.95. The van der Waals surface area contributed by atoms with Crippen LogP contribution in [0.5, 0.6) is 0 Å². The Balaban J connectivity index is 1.19. The number of carbonyl (C=O) groups is 2. The summed E-state index contributed by atoms with van der Waals surface area (Å²) in [4.78, 5) is 34.1. The summed E-state index contributed by atoms with van der Waals surface area (Å²) >= 11 is 6.12. The van der Waals surface area contributed by atoms with Gasteiger partial charge in [-0.1, -0.05) is 18.0 Å². The van der Waals surface area contributed by atoms with Crippen LogP contribution in [-0.4, -0.2) is 27.8 Å². The summed E-state index contributed by atoms with van der Waals surface area (Å²) in [5, 5.41) is 9.85. The monoisotopic (exact) mass is 473 g/mol. The summed E-state index contributed by atoms with van der Waals surface area (Å²) in [6.07, 6.45) is 6.78. The van der Waals surface area contributed by atoms with Gasteiger partial charge in [-0.05, 0) is 73.6 Å². The molecule has 2 amide bonds. The van der Waals surface area contributed by atoms with Crippen molar-refractivity contribution in [3.05, 3.63) is 64.8 Å². The molecule has 172 valence electrons. The lowest BCUT2D eigenvalue weighted by Gasteiger charge is -2.22. The highest BCUT2D eigenvalue weighted by atomic mass is 35.5. The van der Waals surface area contributed by atoms with Gasteiger partial charge in [0, 0.05) is 39.6 Å². The molecule has 3 N–H and O–H groups in total. The fourth-order valence-corrected chi connectivity index (χ4v) is 5.70. The Hall–Kier alpha value is -3.45. The molecule has 3 atom stereocenters. The average Bonchev–Trinajstić information content (AvgIpc) is 3.41. The Bertz CT molecular complexity index is 1290. The number of anilines is 3. The zero-order valence-corrected chi connectivity index (χ0v) is 19.2. The predicted molar refractivity (Wildman–Crippen MR) is 131 cm³/mol. The van der Waals surface area contributed by atoms with E-state index in [4.69, 9.17) is 11.6 Å². The van der Waals surface area contributed by atoms with E-state index in [1.807, 2.05) is 30.3 Å². The molecule has 2 aromatic carbocycles.